The van der Waals surface area contributed by atoms with Crippen molar-refractivity contribution in [1.29, 1.82) is 0 Å². The van der Waals surface area contributed by atoms with Crippen LogP contribution in [0.1, 0.15) is 18.4 Å². The Bertz CT molecular complexity index is 455. The van der Waals surface area contributed by atoms with Crippen LogP contribution in [-0.2, 0) is 10.2 Å². The van der Waals surface area contributed by atoms with Crippen molar-refractivity contribution in [3.63, 3.8) is 0 Å². The quantitative estimate of drug-likeness (QED) is 0.930. The number of aliphatic carboxylic acids is 1. The smallest absolute Gasteiger partial charge is 0.314 e. The van der Waals surface area contributed by atoms with Gasteiger partial charge in [-0.25, -0.2) is 4.39 Å². The molecule has 0 aliphatic heterocycles. The van der Waals surface area contributed by atoms with Crippen molar-refractivity contribution in [1.82, 2.24) is 0 Å². The van der Waals surface area contributed by atoms with Crippen LogP contribution in [0.3, 0.4) is 0 Å². The summed E-state index contributed by atoms with van der Waals surface area (Å²) in [5.74, 6) is -1.04. The molecule has 0 aromatic heterocycles. The molecule has 16 heavy (non-hydrogen) atoms. The zero-order valence-corrected chi connectivity index (χ0v) is 10.2. The number of ether oxygens (including phenoxy) is 1. The van der Waals surface area contributed by atoms with E-state index in [1.54, 1.807) is 0 Å². The predicted octanol–water partition coefficient (Wildman–Crippen LogP) is 2.71. The lowest BCUT2D eigenvalue weighted by Crippen LogP contribution is -2.21. The molecule has 1 fully saturated rings. The minimum Gasteiger partial charge on any atom is -0.496 e. The molecule has 0 atom stereocenters. The van der Waals surface area contributed by atoms with E-state index in [2.05, 4.69) is 15.9 Å². The minimum absolute atomic E-state index is 0.194. The number of hydrogen-bond donors (Lipinski definition) is 1. The second-order valence-corrected chi connectivity index (χ2v) is 4.62. The number of methoxy groups -OCH3 is 1. The van der Waals surface area contributed by atoms with Crippen molar-refractivity contribution in [2.75, 3.05) is 7.11 Å². The first-order chi connectivity index (χ1) is 7.53. The summed E-state index contributed by atoms with van der Waals surface area (Å²) in [7, 11) is 1.46. The lowest BCUT2D eigenvalue weighted by Gasteiger charge is -2.15. The number of carboxylic acids is 1. The SMILES string of the molecule is COc1ccc(F)c(C2(C(=O)O)CC2)c1Br. The van der Waals surface area contributed by atoms with Crippen molar-refractivity contribution in [3.05, 3.63) is 28.0 Å². The van der Waals surface area contributed by atoms with E-state index in [4.69, 9.17) is 9.84 Å². The summed E-state index contributed by atoms with van der Waals surface area (Å²) in [6.07, 6.45) is 0.927. The first-order valence-electron chi connectivity index (χ1n) is 4.79. The second kappa shape index (κ2) is 3.73. The summed E-state index contributed by atoms with van der Waals surface area (Å²) in [4.78, 5) is 11.2. The molecular formula is C11H10BrFO3. The Kier molecular flexibility index (Phi) is 2.66. The van der Waals surface area contributed by atoms with E-state index in [-0.39, 0.29) is 5.56 Å². The fraction of sp³-hybridized carbons (Fsp3) is 0.364. The Morgan fingerprint density at radius 3 is 2.62 bits per heavy atom. The van der Waals surface area contributed by atoms with Gasteiger partial charge in [-0.1, -0.05) is 0 Å². The molecule has 1 aliphatic rings. The Morgan fingerprint density at radius 1 is 1.56 bits per heavy atom. The largest absolute Gasteiger partial charge is 0.496 e. The first-order valence-corrected chi connectivity index (χ1v) is 5.58. The normalized spacial score (nSPS) is 16.9. The van der Waals surface area contributed by atoms with E-state index in [1.165, 1.54) is 19.2 Å². The van der Waals surface area contributed by atoms with E-state index in [9.17, 15) is 9.18 Å². The molecule has 86 valence electrons. The van der Waals surface area contributed by atoms with Gasteiger partial charge >= 0.3 is 5.97 Å². The molecule has 0 saturated heterocycles. The van der Waals surface area contributed by atoms with Gasteiger partial charge in [0.1, 0.15) is 11.6 Å². The predicted molar refractivity (Wildman–Crippen MR) is 59.2 cm³/mol. The van der Waals surface area contributed by atoms with Gasteiger partial charge in [0.15, 0.2) is 0 Å². The van der Waals surface area contributed by atoms with Crippen LogP contribution >= 0.6 is 15.9 Å². The summed E-state index contributed by atoms with van der Waals surface area (Å²) in [6, 6.07) is 2.71. The summed E-state index contributed by atoms with van der Waals surface area (Å²) >= 11 is 3.21. The van der Waals surface area contributed by atoms with Crippen molar-refractivity contribution < 1.29 is 19.0 Å². The van der Waals surface area contributed by atoms with Gasteiger partial charge in [-0.05, 0) is 40.9 Å². The average molecular weight is 289 g/mol. The van der Waals surface area contributed by atoms with E-state index in [0.717, 1.165) is 0 Å². The van der Waals surface area contributed by atoms with Gasteiger partial charge in [0.25, 0.3) is 0 Å². The van der Waals surface area contributed by atoms with Crippen molar-refractivity contribution in [3.8, 4) is 5.75 Å². The number of carboxylic acid groups (broad SMARTS) is 1. The molecule has 1 N–H and O–H groups in total. The van der Waals surface area contributed by atoms with Gasteiger partial charge in [-0.2, -0.15) is 0 Å². The Morgan fingerprint density at radius 2 is 2.19 bits per heavy atom. The number of benzene rings is 1. The highest BCUT2D eigenvalue weighted by atomic mass is 79.9. The maximum atomic E-state index is 13.7. The van der Waals surface area contributed by atoms with Crippen molar-refractivity contribution in [2.45, 2.75) is 18.3 Å². The minimum atomic E-state index is -1.07. The third kappa shape index (κ3) is 1.50. The lowest BCUT2D eigenvalue weighted by atomic mass is 9.95. The molecule has 3 nitrogen and oxygen atoms in total. The van der Waals surface area contributed by atoms with E-state index >= 15 is 0 Å². The Hall–Kier alpha value is -1.10. The molecule has 1 aliphatic carbocycles. The second-order valence-electron chi connectivity index (χ2n) is 3.83. The molecule has 1 saturated carbocycles. The molecule has 0 unspecified atom stereocenters. The number of rotatable bonds is 3. The van der Waals surface area contributed by atoms with E-state index in [1.807, 2.05) is 0 Å². The highest BCUT2D eigenvalue weighted by molar-refractivity contribution is 9.10. The average Bonchev–Trinajstić information content (AvgIpc) is 2.99. The Labute approximate surface area is 100 Å². The van der Waals surface area contributed by atoms with Crippen LogP contribution in [0.4, 0.5) is 4.39 Å². The van der Waals surface area contributed by atoms with Crippen molar-refractivity contribution in [2.24, 2.45) is 0 Å². The first kappa shape index (κ1) is 11.4. The molecule has 0 heterocycles. The van der Waals surface area contributed by atoms with Gasteiger partial charge in [0.2, 0.25) is 0 Å². The molecule has 0 bridgehead atoms. The van der Waals surface area contributed by atoms with Gasteiger partial charge < -0.3 is 9.84 Å². The van der Waals surface area contributed by atoms with Crippen LogP contribution in [0.5, 0.6) is 5.75 Å². The third-order valence-electron chi connectivity index (χ3n) is 2.91. The third-order valence-corrected chi connectivity index (χ3v) is 3.70. The van der Waals surface area contributed by atoms with Crippen LogP contribution in [-0.4, -0.2) is 18.2 Å². The van der Waals surface area contributed by atoms with Crippen LogP contribution in [0.25, 0.3) is 0 Å². The van der Waals surface area contributed by atoms with Gasteiger partial charge in [0, 0.05) is 5.56 Å². The molecular weight excluding hydrogens is 279 g/mol. The van der Waals surface area contributed by atoms with Crippen LogP contribution in [0.15, 0.2) is 16.6 Å². The fourth-order valence-corrected chi connectivity index (χ4v) is 2.69. The highest BCUT2D eigenvalue weighted by Crippen LogP contribution is 2.53. The summed E-state index contributed by atoms with van der Waals surface area (Å²) < 4.78 is 19.1. The lowest BCUT2D eigenvalue weighted by molar-refractivity contribution is -0.140. The summed E-state index contributed by atoms with van der Waals surface area (Å²) in [5.41, 5.74) is -0.878. The zero-order chi connectivity index (χ0) is 11.9. The molecule has 5 heteroatoms. The molecule has 0 amide bonds. The fourth-order valence-electron chi connectivity index (χ4n) is 1.83. The van der Waals surface area contributed by atoms with E-state index in [0.29, 0.717) is 23.1 Å². The molecule has 0 spiro atoms. The van der Waals surface area contributed by atoms with E-state index < -0.39 is 17.2 Å². The van der Waals surface area contributed by atoms with Crippen LogP contribution in [0.2, 0.25) is 0 Å². The van der Waals surface area contributed by atoms with Gasteiger partial charge in [0.05, 0.1) is 17.0 Å². The molecule has 1 aromatic rings. The monoisotopic (exact) mass is 288 g/mol. The molecule has 1 aromatic carbocycles. The standard InChI is InChI=1S/C11H10BrFO3/c1-16-7-3-2-6(13)8(9(7)12)11(4-5-11)10(14)15/h2-3H,4-5H2,1H3,(H,14,15). The zero-order valence-electron chi connectivity index (χ0n) is 8.59. The highest BCUT2D eigenvalue weighted by Gasteiger charge is 2.54. The van der Waals surface area contributed by atoms with Crippen LogP contribution < -0.4 is 4.74 Å². The Balaban J connectivity index is 2.60. The van der Waals surface area contributed by atoms with Gasteiger partial charge in [-0.15, -0.1) is 0 Å². The topological polar surface area (TPSA) is 46.5 Å². The van der Waals surface area contributed by atoms with Crippen molar-refractivity contribution >= 4 is 21.9 Å². The number of hydrogen-bond acceptors (Lipinski definition) is 2. The molecule has 2 rings (SSSR count). The molecule has 0 radical (unpaired) electrons. The summed E-state index contributed by atoms with van der Waals surface area (Å²) in [6.45, 7) is 0. The van der Waals surface area contributed by atoms with Gasteiger partial charge in [-0.3, -0.25) is 4.79 Å². The maximum Gasteiger partial charge on any atom is 0.314 e. The number of halogens is 2. The maximum absolute atomic E-state index is 13.7. The summed E-state index contributed by atoms with van der Waals surface area (Å²) in [5, 5.41) is 9.14. The number of carbonyl (C=O) groups is 1. The van der Waals surface area contributed by atoms with Crippen LogP contribution in [0, 0.1) is 5.82 Å².